The molecule has 0 fully saturated rings. The molecule has 0 aliphatic rings. The molecule has 0 spiro atoms. The number of sulfonamides is 1. The third-order valence-electron chi connectivity index (χ3n) is 5.64. The molecule has 5 rings (SSSR count). The van der Waals surface area contributed by atoms with Gasteiger partial charge in [-0.3, -0.25) is 14.8 Å². The van der Waals surface area contributed by atoms with Crippen LogP contribution in [-0.4, -0.2) is 26.4 Å². The molecule has 39 heavy (non-hydrogen) atoms. The second kappa shape index (κ2) is 11.4. The van der Waals surface area contributed by atoms with Crippen molar-refractivity contribution in [3.8, 4) is 28.5 Å². The Labute approximate surface area is 229 Å². The summed E-state index contributed by atoms with van der Waals surface area (Å²) in [6.45, 7) is 0. The Bertz CT molecular complexity index is 1690. The van der Waals surface area contributed by atoms with Crippen LogP contribution in [0.3, 0.4) is 0 Å². The van der Waals surface area contributed by atoms with Gasteiger partial charge in [0.05, 0.1) is 29.0 Å². The Balaban J connectivity index is 1.28. The van der Waals surface area contributed by atoms with Crippen molar-refractivity contribution >= 4 is 38.1 Å². The molecule has 8 nitrogen and oxygen atoms in total. The lowest BCUT2D eigenvalue weighted by atomic mass is 10.1. The molecule has 196 valence electrons. The summed E-state index contributed by atoms with van der Waals surface area (Å²) in [6, 6.07) is 29.3. The van der Waals surface area contributed by atoms with Crippen LogP contribution in [0, 0.1) is 0 Å². The molecular formula is C29H23N3O5S2. The van der Waals surface area contributed by atoms with E-state index in [-0.39, 0.29) is 16.1 Å². The number of thiazole rings is 1. The van der Waals surface area contributed by atoms with Crippen LogP contribution in [0.1, 0.15) is 10.4 Å². The van der Waals surface area contributed by atoms with Gasteiger partial charge in [0.15, 0.2) is 5.13 Å². The Hall–Kier alpha value is -4.67. The molecule has 1 aromatic heterocycles. The van der Waals surface area contributed by atoms with Gasteiger partial charge in [0, 0.05) is 10.9 Å². The highest BCUT2D eigenvalue weighted by Gasteiger charge is 2.19. The predicted molar refractivity (Wildman–Crippen MR) is 152 cm³/mol. The Kier molecular flexibility index (Phi) is 7.57. The van der Waals surface area contributed by atoms with Crippen LogP contribution in [0.5, 0.6) is 17.2 Å². The number of carbonyl (C=O) groups excluding carboxylic acids is 1. The van der Waals surface area contributed by atoms with Crippen LogP contribution >= 0.6 is 11.3 Å². The third kappa shape index (κ3) is 6.25. The summed E-state index contributed by atoms with van der Waals surface area (Å²) < 4.78 is 39.3. The molecule has 1 amide bonds. The summed E-state index contributed by atoms with van der Waals surface area (Å²) in [6.07, 6.45) is 0. The molecule has 4 aromatic carbocycles. The van der Waals surface area contributed by atoms with E-state index in [0.29, 0.717) is 22.3 Å². The van der Waals surface area contributed by atoms with Crippen LogP contribution in [0.25, 0.3) is 11.3 Å². The molecule has 0 saturated heterocycles. The smallest absolute Gasteiger partial charge is 0.261 e. The summed E-state index contributed by atoms with van der Waals surface area (Å²) in [4.78, 5) is 17.7. The van der Waals surface area contributed by atoms with E-state index in [1.54, 1.807) is 30.3 Å². The lowest BCUT2D eigenvalue weighted by Gasteiger charge is -2.12. The lowest BCUT2D eigenvalue weighted by Crippen LogP contribution is -2.18. The van der Waals surface area contributed by atoms with Crippen molar-refractivity contribution in [2.75, 3.05) is 17.1 Å². The minimum Gasteiger partial charge on any atom is -0.497 e. The van der Waals surface area contributed by atoms with Crippen LogP contribution in [0.4, 0.5) is 10.8 Å². The number of benzene rings is 4. The summed E-state index contributed by atoms with van der Waals surface area (Å²) in [7, 11) is -2.43. The number of hydrogen-bond donors (Lipinski definition) is 2. The first kappa shape index (κ1) is 26.0. The fraction of sp³-hybridized carbons (Fsp3) is 0.0345. The number of ether oxygens (including phenoxy) is 2. The van der Waals surface area contributed by atoms with E-state index in [0.717, 1.165) is 11.3 Å². The lowest BCUT2D eigenvalue weighted by molar-refractivity contribution is 0.102. The van der Waals surface area contributed by atoms with Gasteiger partial charge in [-0.15, -0.1) is 11.3 Å². The van der Waals surface area contributed by atoms with E-state index < -0.39 is 15.9 Å². The van der Waals surface area contributed by atoms with Crippen LogP contribution in [-0.2, 0) is 10.0 Å². The second-order valence-corrected chi connectivity index (χ2v) is 10.8. The zero-order chi connectivity index (χ0) is 27.2. The van der Waals surface area contributed by atoms with Gasteiger partial charge >= 0.3 is 0 Å². The Morgan fingerprint density at radius 2 is 1.44 bits per heavy atom. The topological polar surface area (TPSA) is 107 Å². The molecule has 0 radical (unpaired) electrons. The van der Waals surface area contributed by atoms with E-state index >= 15 is 0 Å². The largest absolute Gasteiger partial charge is 0.497 e. The molecule has 0 bridgehead atoms. The zero-order valence-electron chi connectivity index (χ0n) is 20.7. The van der Waals surface area contributed by atoms with Crippen molar-refractivity contribution in [1.82, 2.24) is 4.98 Å². The molecule has 2 N–H and O–H groups in total. The standard InChI is InChI=1S/C29H23N3O5S2/c1-36-21-15-17-24(18-16-21)39(34,35)32-26-10-6-5-9-25(26)28(33)31-29-30-27(19-38-29)20-11-13-23(14-12-20)37-22-7-3-2-4-8-22/h2-19,32H,1H3,(H,30,31,33). The van der Waals surface area contributed by atoms with Crippen molar-refractivity contribution in [2.24, 2.45) is 0 Å². The minimum atomic E-state index is -3.93. The number of anilines is 2. The number of methoxy groups -OCH3 is 1. The normalized spacial score (nSPS) is 11.0. The molecule has 5 aromatic rings. The first-order valence-corrected chi connectivity index (χ1v) is 14.1. The Morgan fingerprint density at radius 1 is 0.795 bits per heavy atom. The van der Waals surface area contributed by atoms with Crippen molar-refractivity contribution in [1.29, 1.82) is 0 Å². The summed E-state index contributed by atoms with van der Waals surface area (Å²) in [5, 5.41) is 4.98. The predicted octanol–water partition coefficient (Wildman–Crippen LogP) is 6.66. The average molecular weight is 558 g/mol. The molecule has 0 atom stereocenters. The fourth-order valence-electron chi connectivity index (χ4n) is 3.68. The SMILES string of the molecule is COc1ccc(S(=O)(=O)Nc2ccccc2C(=O)Nc2nc(-c3ccc(Oc4ccccc4)cc3)cs2)cc1. The number of hydrogen-bond acceptors (Lipinski definition) is 7. The molecule has 0 unspecified atom stereocenters. The first-order chi connectivity index (χ1) is 18.9. The minimum absolute atomic E-state index is 0.0447. The summed E-state index contributed by atoms with van der Waals surface area (Å²) in [5.41, 5.74) is 1.86. The number of para-hydroxylation sites is 2. The second-order valence-electron chi connectivity index (χ2n) is 8.26. The molecule has 0 aliphatic heterocycles. The molecule has 0 aliphatic carbocycles. The van der Waals surface area contributed by atoms with Crippen molar-refractivity contribution in [3.63, 3.8) is 0 Å². The molecule has 1 heterocycles. The van der Waals surface area contributed by atoms with Crippen molar-refractivity contribution in [3.05, 3.63) is 114 Å². The highest BCUT2D eigenvalue weighted by atomic mass is 32.2. The van der Waals surface area contributed by atoms with Crippen LogP contribution in [0.2, 0.25) is 0 Å². The third-order valence-corrected chi connectivity index (χ3v) is 7.78. The van der Waals surface area contributed by atoms with Gasteiger partial charge in [0.1, 0.15) is 17.2 Å². The van der Waals surface area contributed by atoms with E-state index in [2.05, 4.69) is 15.0 Å². The van der Waals surface area contributed by atoms with E-state index in [1.807, 2.05) is 60.0 Å². The van der Waals surface area contributed by atoms with Gasteiger partial charge in [0.2, 0.25) is 0 Å². The average Bonchev–Trinajstić information content (AvgIpc) is 3.42. The first-order valence-electron chi connectivity index (χ1n) is 11.8. The number of carbonyl (C=O) groups is 1. The highest BCUT2D eigenvalue weighted by Crippen LogP contribution is 2.29. The van der Waals surface area contributed by atoms with Gasteiger partial charge in [-0.05, 0) is 72.8 Å². The van der Waals surface area contributed by atoms with Crippen molar-refractivity contribution < 1.29 is 22.7 Å². The zero-order valence-corrected chi connectivity index (χ0v) is 22.3. The van der Waals surface area contributed by atoms with Crippen LogP contribution in [0.15, 0.2) is 113 Å². The van der Waals surface area contributed by atoms with Gasteiger partial charge in [-0.2, -0.15) is 0 Å². The molecular weight excluding hydrogens is 534 g/mol. The van der Waals surface area contributed by atoms with E-state index in [1.165, 1.54) is 36.6 Å². The summed E-state index contributed by atoms with van der Waals surface area (Å²) >= 11 is 1.27. The fourth-order valence-corrected chi connectivity index (χ4v) is 5.47. The molecule has 0 saturated carbocycles. The number of nitrogens with one attached hydrogen (secondary N) is 2. The number of rotatable bonds is 9. The highest BCUT2D eigenvalue weighted by molar-refractivity contribution is 7.92. The number of aromatic nitrogens is 1. The maximum atomic E-state index is 13.1. The Morgan fingerprint density at radius 3 is 2.15 bits per heavy atom. The van der Waals surface area contributed by atoms with E-state index in [9.17, 15) is 13.2 Å². The number of nitrogens with zero attached hydrogens (tertiary/aromatic N) is 1. The van der Waals surface area contributed by atoms with Gasteiger partial charge in [0.25, 0.3) is 15.9 Å². The van der Waals surface area contributed by atoms with Crippen molar-refractivity contribution in [2.45, 2.75) is 4.90 Å². The van der Waals surface area contributed by atoms with Gasteiger partial charge in [-0.25, -0.2) is 13.4 Å². The maximum absolute atomic E-state index is 13.1. The summed E-state index contributed by atoms with van der Waals surface area (Å²) in [5.74, 6) is 1.49. The quantitative estimate of drug-likeness (QED) is 0.210. The maximum Gasteiger partial charge on any atom is 0.261 e. The number of amides is 1. The molecule has 10 heteroatoms. The van der Waals surface area contributed by atoms with Gasteiger partial charge < -0.3 is 9.47 Å². The van der Waals surface area contributed by atoms with E-state index in [4.69, 9.17) is 9.47 Å². The van der Waals surface area contributed by atoms with Gasteiger partial charge in [-0.1, -0.05) is 30.3 Å². The monoisotopic (exact) mass is 557 g/mol. The van der Waals surface area contributed by atoms with Crippen LogP contribution < -0.4 is 19.5 Å².